The highest BCUT2D eigenvalue weighted by molar-refractivity contribution is 5.97. The molecular formula is C18H20N2O4. The van der Waals surface area contributed by atoms with E-state index in [1.54, 1.807) is 0 Å². The summed E-state index contributed by atoms with van der Waals surface area (Å²) in [5.41, 5.74) is 1.69. The molecule has 0 bridgehead atoms. The number of fused-ring (bicyclic) bond motifs is 1. The van der Waals surface area contributed by atoms with E-state index in [0.29, 0.717) is 23.7 Å². The van der Waals surface area contributed by atoms with Crippen LogP contribution in [0.25, 0.3) is 0 Å². The second kappa shape index (κ2) is 6.78. The Bertz CT molecular complexity index is 766. The molecule has 1 aromatic heterocycles. The van der Waals surface area contributed by atoms with E-state index in [0.717, 1.165) is 11.3 Å². The fourth-order valence-corrected chi connectivity index (χ4v) is 2.57. The summed E-state index contributed by atoms with van der Waals surface area (Å²) in [6.07, 6.45) is 0.0680. The Morgan fingerprint density at radius 2 is 2.12 bits per heavy atom. The van der Waals surface area contributed by atoms with E-state index in [1.807, 2.05) is 44.2 Å². The largest absolute Gasteiger partial charge is 0.491 e. The topological polar surface area (TPSA) is 80.6 Å². The first-order valence-electron chi connectivity index (χ1n) is 7.87. The highest BCUT2D eigenvalue weighted by Crippen LogP contribution is 2.29. The zero-order chi connectivity index (χ0) is 17.1. The third-order valence-electron chi connectivity index (χ3n) is 3.89. The number of benzene rings is 1. The average Bonchev–Trinajstić information content (AvgIpc) is 2.90. The van der Waals surface area contributed by atoms with Crippen LogP contribution in [-0.2, 0) is 16.1 Å². The number of hydrogen-bond donors (Lipinski definition) is 2. The van der Waals surface area contributed by atoms with Crippen LogP contribution in [0.5, 0.6) is 5.75 Å². The number of hydrogen-bond acceptors (Lipinski definition) is 4. The number of amides is 2. The first kappa shape index (κ1) is 16.1. The maximum absolute atomic E-state index is 12.3. The van der Waals surface area contributed by atoms with Crippen molar-refractivity contribution in [3.8, 4) is 5.75 Å². The molecule has 0 saturated carbocycles. The van der Waals surface area contributed by atoms with Crippen LogP contribution in [0.15, 0.2) is 34.7 Å². The van der Waals surface area contributed by atoms with Crippen molar-refractivity contribution in [2.75, 3.05) is 11.9 Å². The zero-order valence-corrected chi connectivity index (χ0v) is 13.7. The Morgan fingerprint density at radius 3 is 2.88 bits per heavy atom. The van der Waals surface area contributed by atoms with Crippen molar-refractivity contribution < 1.29 is 18.7 Å². The van der Waals surface area contributed by atoms with Crippen LogP contribution < -0.4 is 15.4 Å². The second-order valence-corrected chi connectivity index (χ2v) is 5.99. The molecule has 3 rings (SSSR count). The van der Waals surface area contributed by atoms with E-state index < -0.39 is 5.92 Å². The molecule has 2 aromatic rings. The zero-order valence-electron chi connectivity index (χ0n) is 13.7. The number of carbonyl (C=O) groups excluding carboxylic acids is 2. The fourth-order valence-electron chi connectivity index (χ4n) is 2.57. The molecule has 126 valence electrons. The quantitative estimate of drug-likeness (QED) is 0.904. The van der Waals surface area contributed by atoms with Gasteiger partial charge in [-0.05, 0) is 43.7 Å². The van der Waals surface area contributed by atoms with E-state index in [-0.39, 0.29) is 24.8 Å². The van der Waals surface area contributed by atoms with Crippen molar-refractivity contribution in [3.63, 3.8) is 0 Å². The molecule has 6 heteroatoms. The van der Waals surface area contributed by atoms with Crippen molar-refractivity contribution in [2.24, 2.45) is 5.92 Å². The van der Waals surface area contributed by atoms with Gasteiger partial charge in [0.25, 0.3) is 0 Å². The first-order valence-corrected chi connectivity index (χ1v) is 7.87. The van der Waals surface area contributed by atoms with Gasteiger partial charge in [-0.25, -0.2) is 0 Å². The van der Waals surface area contributed by atoms with Gasteiger partial charge < -0.3 is 19.8 Å². The van der Waals surface area contributed by atoms with Gasteiger partial charge in [0.15, 0.2) is 0 Å². The maximum Gasteiger partial charge on any atom is 0.231 e. The molecule has 24 heavy (non-hydrogen) atoms. The van der Waals surface area contributed by atoms with Crippen molar-refractivity contribution in [1.82, 2.24) is 5.32 Å². The van der Waals surface area contributed by atoms with Gasteiger partial charge >= 0.3 is 0 Å². The summed E-state index contributed by atoms with van der Waals surface area (Å²) < 4.78 is 11.1. The second-order valence-electron chi connectivity index (χ2n) is 5.99. The maximum atomic E-state index is 12.3. The molecule has 0 radical (unpaired) electrons. The van der Waals surface area contributed by atoms with Gasteiger partial charge in [-0.1, -0.05) is 6.07 Å². The van der Waals surface area contributed by atoms with Gasteiger partial charge in [0.05, 0.1) is 18.2 Å². The van der Waals surface area contributed by atoms with Gasteiger partial charge in [0, 0.05) is 6.42 Å². The predicted octanol–water partition coefficient (Wildman–Crippen LogP) is 2.55. The standard InChI is InChI=1S/C18H20N2O4/c1-11-3-6-15-16(7-11)23-10-13(18(22)20-15)8-17(21)19-9-14-5-4-12(2)24-14/h3-7,13H,8-10H2,1-2H3,(H,19,21)(H,20,22). The molecule has 0 aliphatic carbocycles. The molecular weight excluding hydrogens is 308 g/mol. The van der Waals surface area contributed by atoms with E-state index in [1.165, 1.54) is 0 Å². The van der Waals surface area contributed by atoms with Crippen LogP contribution >= 0.6 is 0 Å². The van der Waals surface area contributed by atoms with E-state index in [2.05, 4.69) is 10.6 Å². The molecule has 0 fully saturated rings. The highest BCUT2D eigenvalue weighted by atomic mass is 16.5. The van der Waals surface area contributed by atoms with Crippen molar-refractivity contribution in [2.45, 2.75) is 26.8 Å². The molecule has 1 aromatic carbocycles. The Balaban J connectivity index is 1.57. The summed E-state index contributed by atoms with van der Waals surface area (Å²) in [6, 6.07) is 9.24. The number of anilines is 1. The number of carbonyl (C=O) groups is 2. The lowest BCUT2D eigenvalue weighted by Crippen LogP contribution is -2.32. The summed E-state index contributed by atoms with van der Waals surface area (Å²) in [4.78, 5) is 24.4. The number of nitrogens with one attached hydrogen (secondary N) is 2. The molecule has 1 aliphatic rings. The van der Waals surface area contributed by atoms with Gasteiger partial charge in [-0.2, -0.15) is 0 Å². The van der Waals surface area contributed by atoms with E-state index >= 15 is 0 Å². The van der Waals surface area contributed by atoms with Gasteiger partial charge in [-0.15, -0.1) is 0 Å². The molecule has 2 amide bonds. The molecule has 1 atom stereocenters. The monoisotopic (exact) mass is 328 g/mol. The van der Waals surface area contributed by atoms with Crippen LogP contribution in [-0.4, -0.2) is 18.4 Å². The van der Waals surface area contributed by atoms with Crippen LogP contribution in [0, 0.1) is 19.8 Å². The van der Waals surface area contributed by atoms with Crippen LogP contribution in [0.2, 0.25) is 0 Å². The average molecular weight is 328 g/mol. The molecule has 1 unspecified atom stereocenters. The Hall–Kier alpha value is -2.76. The third kappa shape index (κ3) is 3.76. The molecule has 2 N–H and O–H groups in total. The fraction of sp³-hybridized carbons (Fsp3) is 0.333. The number of ether oxygens (including phenoxy) is 1. The Morgan fingerprint density at radius 1 is 1.29 bits per heavy atom. The van der Waals surface area contributed by atoms with E-state index in [4.69, 9.17) is 9.15 Å². The normalized spacial score (nSPS) is 16.6. The lowest BCUT2D eigenvalue weighted by molar-refractivity contribution is -0.128. The Labute approximate surface area is 140 Å². The summed E-state index contributed by atoms with van der Waals surface area (Å²) in [5, 5.41) is 5.58. The summed E-state index contributed by atoms with van der Waals surface area (Å²) in [7, 11) is 0. The summed E-state index contributed by atoms with van der Waals surface area (Å²) in [6.45, 7) is 4.28. The van der Waals surface area contributed by atoms with Crippen LogP contribution in [0.4, 0.5) is 5.69 Å². The van der Waals surface area contributed by atoms with Gasteiger partial charge in [-0.3, -0.25) is 9.59 Å². The third-order valence-corrected chi connectivity index (χ3v) is 3.89. The lowest BCUT2D eigenvalue weighted by atomic mass is 10.1. The molecule has 0 spiro atoms. The predicted molar refractivity (Wildman–Crippen MR) is 88.7 cm³/mol. The van der Waals surface area contributed by atoms with Crippen molar-refractivity contribution in [1.29, 1.82) is 0 Å². The summed E-state index contributed by atoms with van der Waals surface area (Å²) in [5.74, 6) is 1.17. The first-order chi connectivity index (χ1) is 11.5. The van der Waals surface area contributed by atoms with Crippen LogP contribution in [0.3, 0.4) is 0 Å². The Kier molecular flexibility index (Phi) is 4.55. The minimum atomic E-state index is -0.531. The van der Waals surface area contributed by atoms with Crippen molar-refractivity contribution in [3.05, 3.63) is 47.4 Å². The molecule has 6 nitrogen and oxygen atoms in total. The molecule has 2 heterocycles. The highest BCUT2D eigenvalue weighted by Gasteiger charge is 2.27. The smallest absolute Gasteiger partial charge is 0.231 e. The minimum Gasteiger partial charge on any atom is -0.491 e. The number of rotatable bonds is 4. The van der Waals surface area contributed by atoms with E-state index in [9.17, 15) is 9.59 Å². The van der Waals surface area contributed by atoms with Crippen LogP contribution in [0.1, 0.15) is 23.5 Å². The number of aryl methyl sites for hydroxylation is 2. The van der Waals surface area contributed by atoms with Gasteiger partial charge in [0.1, 0.15) is 23.9 Å². The molecule has 0 saturated heterocycles. The minimum absolute atomic E-state index is 0.0680. The summed E-state index contributed by atoms with van der Waals surface area (Å²) >= 11 is 0. The number of furan rings is 1. The SMILES string of the molecule is Cc1ccc2c(c1)OCC(CC(=O)NCc1ccc(C)o1)C(=O)N2. The van der Waals surface area contributed by atoms with Crippen molar-refractivity contribution >= 4 is 17.5 Å². The molecule has 1 aliphatic heterocycles. The van der Waals surface area contributed by atoms with Gasteiger partial charge in [0.2, 0.25) is 11.8 Å². The lowest BCUT2D eigenvalue weighted by Gasteiger charge is -2.12.